The number of carbonyl (C=O) groups is 1. The van der Waals surface area contributed by atoms with Gasteiger partial charge in [-0.2, -0.15) is 5.10 Å². The van der Waals surface area contributed by atoms with E-state index in [1.807, 2.05) is 12.1 Å². The molecule has 1 saturated heterocycles. The summed E-state index contributed by atoms with van der Waals surface area (Å²) in [4.78, 5) is 19.3. The van der Waals surface area contributed by atoms with E-state index in [-0.39, 0.29) is 29.0 Å². The maximum absolute atomic E-state index is 12.8. The van der Waals surface area contributed by atoms with Crippen LogP contribution in [0.15, 0.2) is 41.3 Å². The normalized spacial score (nSPS) is 16.8. The first-order valence-corrected chi connectivity index (χ1v) is 11.3. The van der Waals surface area contributed by atoms with Crippen molar-refractivity contribution >= 4 is 32.6 Å². The van der Waals surface area contributed by atoms with E-state index in [0.29, 0.717) is 23.8 Å². The van der Waals surface area contributed by atoms with Crippen molar-refractivity contribution in [3.63, 3.8) is 0 Å². The first-order chi connectivity index (χ1) is 14.4. The second kappa shape index (κ2) is 7.94. The van der Waals surface area contributed by atoms with Gasteiger partial charge in [-0.15, -0.1) is 0 Å². The first-order valence-electron chi connectivity index (χ1n) is 9.66. The summed E-state index contributed by atoms with van der Waals surface area (Å²) < 4.78 is 30.3. The van der Waals surface area contributed by atoms with Crippen LogP contribution in [-0.2, 0) is 14.6 Å². The smallest absolute Gasteiger partial charge is 0.224 e. The number of sulfone groups is 1. The van der Waals surface area contributed by atoms with E-state index in [1.165, 1.54) is 19.2 Å². The van der Waals surface area contributed by atoms with Gasteiger partial charge in [0.1, 0.15) is 11.6 Å². The molecule has 1 fully saturated rings. The number of aromatic amines is 1. The third-order valence-corrected chi connectivity index (χ3v) is 7.12. The number of fused-ring (bicyclic) bond motifs is 1. The van der Waals surface area contributed by atoms with Crippen LogP contribution in [0, 0.1) is 0 Å². The monoisotopic (exact) mass is 429 g/mol. The minimum Gasteiger partial charge on any atom is -0.497 e. The lowest BCUT2D eigenvalue weighted by Gasteiger charge is -2.24. The summed E-state index contributed by atoms with van der Waals surface area (Å²) in [6, 6.07) is 9.66. The van der Waals surface area contributed by atoms with Crippen molar-refractivity contribution in [2.75, 3.05) is 25.1 Å². The van der Waals surface area contributed by atoms with Gasteiger partial charge in [-0.3, -0.25) is 9.89 Å². The average molecular weight is 430 g/mol. The number of rotatable bonds is 6. The molecule has 1 amide bonds. The fourth-order valence-electron chi connectivity index (χ4n) is 3.76. The number of nitrogens with zero attached hydrogens (tertiary/aromatic N) is 3. The van der Waals surface area contributed by atoms with Crippen molar-refractivity contribution in [2.24, 2.45) is 0 Å². The van der Waals surface area contributed by atoms with Crippen LogP contribution in [0.5, 0.6) is 5.75 Å². The average Bonchev–Trinajstić information content (AvgIpc) is 3.39. The summed E-state index contributed by atoms with van der Waals surface area (Å²) in [5.74, 6) is 0.585. The Bertz CT molecular complexity index is 1170. The maximum Gasteiger partial charge on any atom is 0.224 e. The number of amides is 1. The van der Waals surface area contributed by atoms with Crippen LogP contribution < -0.4 is 10.5 Å². The van der Waals surface area contributed by atoms with E-state index >= 15 is 0 Å². The summed E-state index contributed by atoms with van der Waals surface area (Å²) in [5, 5.41) is 7.52. The molecule has 1 aliphatic rings. The topological polar surface area (TPSA) is 131 Å². The Morgan fingerprint density at radius 3 is 2.77 bits per heavy atom. The predicted molar refractivity (Wildman–Crippen MR) is 112 cm³/mol. The van der Waals surface area contributed by atoms with Gasteiger partial charge in [0.05, 0.1) is 34.9 Å². The van der Waals surface area contributed by atoms with Gasteiger partial charge in [0.2, 0.25) is 5.91 Å². The third-order valence-electron chi connectivity index (χ3n) is 5.39. The number of nitrogens with two attached hydrogens (primary N) is 1. The van der Waals surface area contributed by atoms with Gasteiger partial charge < -0.3 is 15.4 Å². The highest BCUT2D eigenvalue weighted by atomic mass is 32.2. The molecular formula is C20H23N5O4S. The van der Waals surface area contributed by atoms with Gasteiger partial charge in [-0.1, -0.05) is 0 Å². The fourth-order valence-corrected chi connectivity index (χ4v) is 4.99. The van der Waals surface area contributed by atoms with E-state index in [0.717, 1.165) is 23.9 Å². The van der Waals surface area contributed by atoms with Crippen molar-refractivity contribution in [1.82, 2.24) is 20.1 Å². The van der Waals surface area contributed by atoms with Crippen LogP contribution in [0.4, 0.5) is 5.82 Å². The molecule has 0 bridgehead atoms. The van der Waals surface area contributed by atoms with E-state index in [2.05, 4.69) is 15.2 Å². The molecule has 0 saturated carbocycles. The molecule has 0 spiro atoms. The van der Waals surface area contributed by atoms with Crippen molar-refractivity contribution in [3.05, 3.63) is 42.1 Å². The lowest BCUT2D eigenvalue weighted by Crippen LogP contribution is -2.32. The molecule has 3 aromatic rings. The molecular weight excluding hydrogens is 406 g/mol. The number of hydrogen-bond donors (Lipinski definition) is 2. The molecule has 0 aliphatic carbocycles. The van der Waals surface area contributed by atoms with Gasteiger partial charge in [0, 0.05) is 13.0 Å². The van der Waals surface area contributed by atoms with Crippen molar-refractivity contribution in [1.29, 1.82) is 0 Å². The lowest BCUT2D eigenvalue weighted by molar-refractivity contribution is -0.131. The number of likely N-dealkylation sites (tertiary alicyclic amines) is 1. The standard InChI is InChI=1S/C20H23N5O4S/c1-29-13-4-6-14(7-5-13)30(27,28)12-10-18(26)25-11-2-3-17(25)16-9-8-15-19(21)23-24-20(15)22-16/h4-9,17H,2-3,10-12H2,1H3,(H3,21,22,23,24)/t17-/m0/s1. The van der Waals surface area contributed by atoms with E-state index < -0.39 is 9.84 Å². The lowest BCUT2D eigenvalue weighted by atomic mass is 10.1. The van der Waals surface area contributed by atoms with E-state index in [9.17, 15) is 13.2 Å². The van der Waals surface area contributed by atoms with Gasteiger partial charge >= 0.3 is 0 Å². The summed E-state index contributed by atoms with van der Waals surface area (Å²) in [5.41, 5.74) is 7.05. The molecule has 3 heterocycles. The molecule has 1 atom stereocenters. The Morgan fingerprint density at radius 1 is 1.27 bits per heavy atom. The molecule has 10 heteroatoms. The van der Waals surface area contributed by atoms with Gasteiger partial charge in [0.15, 0.2) is 15.5 Å². The first kappa shape index (κ1) is 20.1. The molecule has 158 valence electrons. The summed E-state index contributed by atoms with van der Waals surface area (Å²) in [7, 11) is -2.05. The van der Waals surface area contributed by atoms with Gasteiger partial charge in [0.25, 0.3) is 0 Å². The number of aromatic nitrogens is 3. The minimum atomic E-state index is -3.56. The molecule has 1 aromatic carbocycles. The summed E-state index contributed by atoms with van der Waals surface area (Å²) >= 11 is 0. The molecule has 0 radical (unpaired) electrons. The zero-order valence-corrected chi connectivity index (χ0v) is 17.4. The number of benzene rings is 1. The Balaban J connectivity index is 1.46. The molecule has 3 N–H and O–H groups in total. The Hall–Kier alpha value is -3.14. The maximum atomic E-state index is 12.8. The number of anilines is 1. The van der Waals surface area contributed by atoms with Crippen molar-refractivity contribution < 1.29 is 17.9 Å². The second-order valence-corrected chi connectivity index (χ2v) is 9.34. The number of carbonyl (C=O) groups excluding carboxylic acids is 1. The molecule has 2 aromatic heterocycles. The van der Waals surface area contributed by atoms with Gasteiger partial charge in [-0.25, -0.2) is 13.4 Å². The van der Waals surface area contributed by atoms with Gasteiger partial charge in [-0.05, 0) is 49.2 Å². The quantitative estimate of drug-likeness (QED) is 0.613. The number of ether oxygens (including phenoxy) is 1. The summed E-state index contributed by atoms with van der Waals surface area (Å²) in [6.45, 7) is 0.578. The van der Waals surface area contributed by atoms with Crippen molar-refractivity contribution in [2.45, 2.75) is 30.2 Å². The van der Waals surface area contributed by atoms with Crippen LogP contribution in [0.1, 0.15) is 31.0 Å². The van der Waals surface area contributed by atoms with Crippen LogP contribution in [0.3, 0.4) is 0 Å². The van der Waals surface area contributed by atoms with Crippen LogP contribution in [-0.4, -0.2) is 53.8 Å². The number of H-pyrrole nitrogens is 1. The predicted octanol–water partition coefficient (Wildman–Crippen LogP) is 2.08. The molecule has 1 aliphatic heterocycles. The number of pyridine rings is 1. The molecule has 30 heavy (non-hydrogen) atoms. The van der Waals surface area contributed by atoms with Crippen LogP contribution in [0.25, 0.3) is 11.0 Å². The molecule has 4 rings (SSSR count). The Kier molecular flexibility index (Phi) is 5.33. The van der Waals surface area contributed by atoms with Crippen LogP contribution in [0.2, 0.25) is 0 Å². The SMILES string of the molecule is COc1ccc(S(=O)(=O)CCC(=O)N2CCC[C@H]2c2ccc3c(N)[nH]nc3n2)cc1. The Labute approximate surface area is 174 Å². The second-order valence-electron chi connectivity index (χ2n) is 7.23. The number of nitrogens with one attached hydrogen (secondary N) is 1. The van der Waals surface area contributed by atoms with E-state index in [4.69, 9.17) is 10.5 Å². The highest BCUT2D eigenvalue weighted by Crippen LogP contribution is 2.32. The zero-order chi connectivity index (χ0) is 21.3. The minimum absolute atomic E-state index is 0.0809. The number of methoxy groups -OCH3 is 1. The highest BCUT2D eigenvalue weighted by Gasteiger charge is 2.32. The molecule has 9 nitrogen and oxygen atoms in total. The zero-order valence-electron chi connectivity index (χ0n) is 16.5. The number of nitrogen functional groups attached to an aromatic ring is 1. The van der Waals surface area contributed by atoms with E-state index in [1.54, 1.807) is 17.0 Å². The largest absolute Gasteiger partial charge is 0.497 e. The summed E-state index contributed by atoms with van der Waals surface area (Å²) in [6.07, 6.45) is 1.53. The third kappa shape index (κ3) is 3.82. The number of hydrogen-bond acceptors (Lipinski definition) is 7. The molecule has 0 unspecified atom stereocenters. The van der Waals surface area contributed by atoms with Crippen LogP contribution >= 0.6 is 0 Å². The van der Waals surface area contributed by atoms with Crippen molar-refractivity contribution in [3.8, 4) is 5.75 Å². The fraction of sp³-hybridized carbons (Fsp3) is 0.350. The Morgan fingerprint density at radius 2 is 2.03 bits per heavy atom. The highest BCUT2D eigenvalue weighted by molar-refractivity contribution is 7.91.